The number of nitrogens with one attached hydrogen (secondary N) is 1. The molecule has 27 heavy (non-hydrogen) atoms. The number of anilines is 1. The summed E-state index contributed by atoms with van der Waals surface area (Å²) in [5, 5.41) is 6.68. The van der Waals surface area contributed by atoms with Crippen molar-refractivity contribution in [2.45, 2.75) is 13.3 Å². The van der Waals surface area contributed by atoms with Crippen molar-refractivity contribution in [3.05, 3.63) is 71.4 Å². The number of para-hydroxylation sites is 1. The van der Waals surface area contributed by atoms with E-state index in [2.05, 4.69) is 15.5 Å². The van der Waals surface area contributed by atoms with Crippen molar-refractivity contribution in [3.63, 3.8) is 0 Å². The maximum Gasteiger partial charge on any atom is 0.248 e. The van der Waals surface area contributed by atoms with Gasteiger partial charge in [-0.2, -0.15) is 4.98 Å². The van der Waals surface area contributed by atoms with Gasteiger partial charge in [0.25, 0.3) is 0 Å². The molecule has 7 nitrogen and oxygen atoms in total. The first-order valence-corrected chi connectivity index (χ1v) is 8.43. The minimum Gasteiger partial charge on any atom is -0.454 e. The first-order valence-electron chi connectivity index (χ1n) is 8.43. The molecule has 0 fully saturated rings. The summed E-state index contributed by atoms with van der Waals surface area (Å²) in [6.07, 6.45) is 3.65. The highest BCUT2D eigenvalue weighted by Gasteiger charge is 2.13. The van der Waals surface area contributed by atoms with Crippen LogP contribution in [0.25, 0.3) is 6.08 Å². The lowest BCUT2D eigenvalue weighted by atomic mass is 10.1. The number of nitrogens with zero attached hydrogens (tertiary/aromatic N) is 2. The van der Waals surface area contributed by atoms with E-state index in [0.29, 0.717) is 35.3 Å². The Morgan fingerprint density at radius 1 is 1.19 bits per heavy atom. The van der Waals surface area contributed by atoms with Crippen molar-refractivity contribution in [1.82, 2.24) is 10.1 Å². The van der Waals surface area contributed by atoms with E-state index in [0.717, 1.165) is 11.1 Å². The Balaban J connectivity index is 1.45. The van der Waals surface area contributed by atoms with Crippen LogP contribution in [0, 0.1) is 6.92 Å². The summed E-state index contributed by atoms with van der Waals surface area (Å²) in [6, 6.07) is 13.0. The molecule has 1 amide bonds. The molecule has 0 atom stereocenters. The van der Waals surface area contributed by atoms with Crippen LogP contribution in [0.1, 0.15) is 22.8 Å². The molecule has 0 saturated carbocycles. The highest BCUT2D eigenvalue weighted by Crippen LogP contribution is 2.32. The van der Waals surface area contributed by atoms with Crippen molar-refractivity contribution in [3.8, 4) is 11.5 Å². The van der Waals surface area contributed by atoms with E-state index in [1.807, 2.05) is 42.5 Å². The number of rotatable bonds is 5. The first-order chi connectivity index (χ1) is 13.2. The molecule has 0 saturated heterocycles. The van der Waals surface area contributed by atoms with Crippen LogP contribution in [0.4, 0.5) is 5.69 Å². The number of carbonyl (C=O) groups is 1. The zero-order chi connectivity index (χ0) is 18.6. The van der Waals surface area contributed by atoms with E-state index in [1.54, 1.807) is 13.0 Å². The fraction of sp³-hybridized carbons (Fsp3) is 0.150. The molecule has 1 aromatic heterocycles. The van der Waals surface area contributed by atoms with E-state index in [9.17, 15) is 4.79 Å². The Kier molecular flexibility index (Phi) is 4.57. The predicted octanol–water partition coefficient (Wildman–Crippen LogP) is 3.35. The molecule has 0 bridgehead atoms. The van der Waals surface area contributed by atoms with E-state index in [1.165, 1.54) is 6.08 Å². The van der Waals surface area contributed by atoms with Crippen molar-refractivity contribution in [2.75, 3.05) is 12.1 Å². The van der Waals surface area contributed by atoms with Crippen LogP contribution in [-0.2, 0) is 11.2 Å². The Labute approximate surface area is 155 Å². The van der Waals surface area contributed by atoms with Crippen LogP contribution < -0.4 is 14.8 Å². The topological polar surface area (TPSA) is 86.5 Å². The van der Waals surface area contributed by atoms with Gasteiger partial charge in [0.15, 0.2) is 17.3 Å². The SMILES string of the molecule is Cc1noc(Cc2ccccc2NC(=O)/C=C/c2ccc3c(c2)OCO3)n1. The fourth-order valence-corrected chi connectivity index (χ4v) is 2.73. The monoisotopic (exact) mass is 363 g/mol. The molecule has 1 aliphatic rings. The summed E-state index contributed by atoms with van der Waals surface area (Å²) in [7, 11) is 0. The van der Waals surface area contributed by atoms with Crippen molar-refractivity contribution < 1.29 is 18.8 Å². The average molecular weight is 363 g/mol. The number of hydrogen-bond acceptors (Lipinski definition) is 6. The zero-order valence-electron chi connectivity index (χ0n) is 14.6. The quantitative estimate of drug-likeness (QED) is 0.700. The van der Waals surface area contributed by atoms with Gasteiger partial charge in [0, 0.05) is 11.8 Å². The number of fused-ring (bicyclic) bond motifs is 1. The maximum absolute atomic E-state index is 12.3. The molecule has 7 heteroatoms. The normalized spacial score (nSPS) is 12.5. The van der Waals surface area contributed by atoms with Gasteiger partial charge in [-0.05, 0) is 42.3 Å². The lowest BCUT2D eigenvalue weighted by molar-refractivity contribution is -0.111. The molecule has 1 aliphatic heterocycles. The van der Waals surface area contributed by atoms with Crippen molar-refractivity contribution in [2.24, 2.45) is 0 Å². The average Bonchev–Trinajstić information content (AvgIpc) is 3.30. The smallest absolute Gasteiger partial charge is 0.248 e. The maximum atomic E-state index is 12.3. The largest absolute Gasteiger partial charge is 0.454 e. The van der Waals surface area contributed by atoms with Crippen LogP contribution in [-0.4, -0.2) is 22.8 Å². The van der Waals surface area contributed by atoms with Gasteiger partial charge in [-0.3, -0.25) is 4.79 Å². The number of benzene rings is 2. The molecular formula is C20H17N3O4. The van der Waals surface area contributed by atoms with Gasteiger partial charge in [0.05, 0.1) is 6.42 Å². The fourth-order valence-electron chi connectivity index (χ4n) is 2.73. The van der Waals surface area contributed by atoms with Crippen molar-refractivity contribution >= 4 is 17.7 Å². The molecular weight excluding hydrogens is 346 g/mol. The minimum absolute atomic E-state index is 0.222. The predicted molar refractivity (Wildman–Crippen MR) is 98.5 cm³/mol. The van der Waals surface area contributed by atoms with Gasteiger partial charge in [0.2, 0.25) is 18.6 Å². The molecule has 0 aliphatic carbocycles. The summed E-state index contributed by atoms with van der Waals surface area (Å²) < 4.78 is 15.8. The third kappa shape index (κ3) is 3.98. The molecule has 2 aromatic carbocycles. The van der Waals surface area contributed by atoms with Crippen LogP contribution in [0.2, 0.25) is 0 Å². The van der Waals surface area contributed by atoms with Gasteiger partial charge in [0.1, 0.15) is 0 Å². The Morgan fingerprint density at radius 2 is 2.04 bits per heavy atom. The summed E-state index contributed by atoms with van der Waals surface area (Å²) >= 11 is 0. The highest BCUT2D eigenvalue weighted by molar-refractivity contribution is 6.02. The van der Waals surface area contributed by atoms with Crippen LogP contribution in [0.3, 0.4) is 0 Å². The molecule has 0 unspecified atom stereocenters. The number of aromatic nitrogens is 2. The molecule has 136 valence electrons. The molecule has 0 spiro atoms. The third-order valence-corrected chi connectivity index (χ3v) is 4.01. The summed E-state index contributed by atoms with van der Waals surface area (Å²) in [5.41, 5.74) is 2.45. The second-order valence-electron chi connectivity index (χ2n) is 6.00. The highest BCUT2D eigenvalue weighted by atomic mass is 16.7. The number of aryl methyl sites for hydroxylation is 1. The van der Waals surface area contributed by atoms with E-state index >= 15 is 0 Å². The van der Waals surface area contributed by atoms with Gasteiger partial charge in [-0.1, -0.05) is 29.4 Å². The molecule has 0 radical (unpaired) electrons. The number of hydrogen-bond donors (Lipinski definition) is 1. The standard InChI is InChI=1S/C20H17N3O4/c1-13-21-20(27-23-13)11-15-4-2-3-5-16(15)22-19(24)9-7-14-6-8-17-18(10-14)26-12-25-17/h2-10H,11-12H2,1H3,(H,22,24)/b9-7+. The molecule has 3 aromatic rings. The van der Waals surface area contributed by atoms with Gasteiger partial charge >= 0.3 is 0 Å². The Hall–Kier alpha value is -3.61. The number of amides is 1. The number of carbonyl (C=O) groups excluding carboxylic acids is 1. The lowest BCUT2D eigenvalue weighted by Gasteiger charge is -2.08. The summed E-state index contributed by atoms with van der Waals surface area (Å²) in [5.74, 6) is 2.24. The Morgan fingerprint density at radius 3 is 2.89 bits per heavy atom. The second-order valence-corrected chi connectivity index (χ2v) is 6.00. The van der Waals surface area contributed by atoms with Gasteiger partial charge in [-0.15, -0.1) is 0 Å². The van der Waals surface area contributed by atoms with E-state index in [4.69, 9.17) is 14.0 Å². The first kappa shape index (κ1) is 16.8. The van der Waals surface area contributed by atoms with Crippen LogP contribution in [0.5, 0.6) is 11.5 Å². The lowest BCUT2D eigenvalue weighted by Crippen LogP contribution is -2.10. The molecule has 4 rings (SSSR count). The van der Waals surface area contributed by atoms with Gasteiger partial charge in [-0.25, -0.2) is 0 Å². The zero-order valence-corrected chi connectivity index (χ0v) is 14.6. The summed E-state index contributed by atoms with van der Waals surface area (Å²) in [4.78, 5) is 16.5. The summed E-state index contributed by atoms with van der Waals surface area (Å²) in [6.45, 7) is 1.99. The van der Waals surface area contributed by atoms with E-state index < -0.39 is 0 Å². The second kappa shape index (κ2) is 7.33. The van der Waals surface area contributed by atoms with Gasteiger partial charge < -0.3 is 19.3 Å². The minimum atomic E-state index is -0.234. The molecule has 2 heterocycles. The van der Waals surface area contributed by atoms with Crippen LogP contribution >= 0.6 is 0 Å². The van der Waals surface area contributed by atoms with E-state index in [-0.39, 0.29) is 12.7 Å². The third-order valence-electron chi connectivity index (χ3n) is 4.01. The van der Waals surface area contributed by atoms with Crippen molar-refractivity contribution in [1.29, 1.82) is 0 Å². The number of ether oxygens (including phenoxy) is 2. The Bertz CT molecular complexity index is 1010. The van der Waals surface area contributed by atoms with Crippen LogP contribution in [0.15, 0.2) is 53.1 Å². The molecule has 1 N–H and O–H groups in total.